The van der Waals surface area contributed by atoms with Crippen LogP contribution in [0.15, 0.2) is 29.3 Å². The molecule has 0 aliphatic heterocycles. The van der Waals surface area contributed by atoms with E-state index in [9.17, 15) is 0 Å². The van der Waals surface area contributed by atoms with Crippen LogP contribution in [0, 0.1) is 0 Å². The highest BCUT2D eigenvalue weighted by Gasteiger charge is 2.14. The Morgan fingerprint density at radius 1 is 1.16 bits per heavy atom. The maximum absolute atomic E-state index is 5.43. The zero-order valence-corrected chi connectivity index (χ0v) is 19.1. The highest BCUT2D eigenvalue weighted by molar-refractivity contribution is 14.0. The number of hydrogen-bond donors (Lipinski definition) is 1. The zero-order valence-electron chi connectivity index (χ0n) is 16.7. The lowest BCUT2D eigenvalue weighted by molar-refractivity contribution is 0.178. The lowest BCUT2D eigenvalue weighted by Crippen LogP contribution is -2.45. The van der Waals surface area contributed by atoms with Crippen LogP contribution in [0.25, 0.3) is 0 Å². The molecular formula is C19H35IN4O. The summed E-state index contributed by atoms with van der Waals surface area (Å²) in [6, 6.07) is 9.18. The van der Waals surface area contributed by atoms with Crippen LogP contribution in [-0.4, -0.2) is 62.1 Å². The number of methoxy groups -OCH3 is 1. The Balaban J connectivity index is 0.00000576. The van der Waals surface area contributed by atoms with Crippen LogP contribution in [0.2, 0.25) is 0 Å². The van der Waals surface area contributed by atoms with Crippen molar-refractivity contribution >= 4 is 29.9 Å². The molecule has 0 saturated heterocycles. The topological polar surface area (TPSA) is 40.1 Å². The monoisotopic (exact) mass is 462 g/mol. The van der Waals surface area contributed by atoms with Crippen molar-refractivity contribution in [3.63, 3.8) is 0 Å². The average molecular weight is 462 g/mol. The van der Waals surface area contributed by atoms with Gasteiger partial charge in [0.2, 0.25) is 0 Å². The van der Waals surface area contributed by atoms with E-state index < -0.39 is 0 Å². The third-order valence-corrected chi connectivity index (χ3v) is 4.15. The smallest absolute Gasteiger partial charge is 0.193 e. The van der Waals surface area contributed by atoms with Crippen LogP contribution < -0.4 is 10.1 Å². The van der Waals surface area contributed by atoms with E-state index in [1.165, 1.54) is 0 Å². The number of rotatable bonds is 8. The second-order valence-electron chi connectivity index (χ2n) is 6.57. The average Bonchev–Trinajstić information content (AvgIpc) is 2.54. The lowest BCUT2D eigenvalue weighted by atomic mass is 10.2. The molecule has 0 saturated carbocycles. The summed E-state index contributed by atoms with van der Waals surface area (Å²) in [6.45, 7) is 11.6. The first-order valence-electron chi connectivity index (χ1n) is 8.70. The second-order valence-corrected chi connectivity index (χ2v) is 6.57. The van der Waals surface area contributed by atoms with Crippen molar-refractivity contribution < 1.29 is 4.74 Å². The molecule has 6 heteroatoms. The normalized spacial score (nSPS) is 11.7. The fraction of sp³-hybridized carbons (Fsp3) is 0.632. The fourth-order valence-corrected chi connectivity index (χ4v) is 2.96. The number of halogens is 1. The Hall–Kier alpha value is -1.02. The Labute approximate surface area is 170 Å². The largest absolute Gasteiger partial charge is 0.496 e. The molecule has 0 bridgehead atoms. The first kappa shape index (κ1) is 24.0. The van der Waals surface area contributed by atoms with E-state index >= 15 is 0 Å². The Morgan fingerprint density at radius 3 is 2.28 bits per heavy atom. The standard InChI is InChI=1S/C19H34N4O.HI/c1-15(2)23(16(3)4)13-12-21-19(20-5)22(6)14-17-10-8-9-11-18(17)24-7;/h8-11,15-16H,12-14H2,1-7H3,(H,20,21);1H. The highest BCUT2D eigenvalue weighted by Crippen LogP contribution is 2.18. The summed E-state index contributed by atoms with van der Waals surface area (Å²) in [5.74, 6) is 1.80. The molecule has 144 valence electrons. The predicted molar refractivity (Wildman–Crippen MR) is 118 cm³/mol. The van der Waals surface area contributed by atoms with E-state index in [0.29, 0.717) is 12.1 Å². The molecule has 0 heterocycles. The Bertz CT molecular complexity index is 512. The van der Waals surface area contributed by atoms with Crippen LogP contribution in [0.3, 0.4) is 0 Å². The molecule has 1 rings (SSSR count). The number of hydrogen-bond acceptors (Lipinski definition) is 3. The number of benzene rings is 1. The quantitative estimate of drug-likeness (QED) is 0.365. The van der Waals surface area contributed by atoms with Gasteiger partial charge in [-0.05, 0) is 33.8 Å². The van der Waals surface area contributed by atoms with E-state index in [-0.39, 0.29) is 24.0 Å². The van der Waals surface area contributed by atoms with Gasteiger partial charge >= 0.3 is 0 Å². The molecule has 1 N–H and O–H groups in total. The highest BCUT2D eigenvalue weighted by atomic mass is 127. The number of nitrogens with zero attached hydrogens (tertiary/aromatic N) is 3. The summed E-state index contributed by atoms with van der Waals surface area (Å²) in [5, 5.41) is 3.46. The summed E-state index contributed by atoms with van der Waals surface area (Å²) in [4.78, 5) is 8.99. The SMILES string of the molecule is CN=C(NCCN(C(C)C)C(C)C)N(C)Cc1ccccc1OC.I. The summed E-state index contributed by atoms with van der Waals surface area (Å²) in [6.07, 6.45) is 0. The first-order valence-corrected chi connectivity index (χ1v) is 8.70. The summed E-state index contributed by atoms with van der Waals surface area (Å²) >= 11 is 0. The lowest BCUT2D eigenvalue weighted by Gasteiger charge is -2.31. The zero-order chi connectivity index (χ0) is 18.1. The molecule has 1 aromatic carbocycles. The maximum Gasteiger partial charge on any atom is 0.193 e. The van der Waals surface area contributed by atoms with Crippen molar-refractivity contribution in [1.82, 2.24) is 15.1 Å². The van der Waals surface area contributed by atoms with Gasteiger partial charge in [0, 0.05) is 51.4 Å². The van der Waals surface area contributed by atoms with Crippen LogP contribution in [-0.2, 0) is 6.54 Å². The van der Waals surface area contributed by atoms with Gasteiger partial charge in [-0.15, -0.1) is 24.0 Å². The van der Waals surface area contributed by atoms with Crippen molar-refractivity contribution in [1.29, 1.82) is 0 Å². The van der Waals surface area contributed by atoms with E-state index in [1.807, 2.05) is 32.3 Å². The first-order chi connectivity index (χ1) is 11.4. The van der Waals surface area contributed by atoms with Crippen molar-refractivity contribution in [3.05, 3.63) is 29.8 Å². The van der Waals surface area contributed by atoms with Crippen molar-refractivity contribution in [3.8, 4) is 5.75 Å². The van der Waals surface area contributed by atoms with Gasteiger partial charge in [-0.2, -0.15) is 0 Å². The fourth-order valence-electron chi connectivity index (χ4n) is 2.96. The van der Waals surface area contributed by atoms with Crippen molar-refractivity contribution in [2.75, 3.05) is 34.3 Å². The minimum Gasteiger partial charge on any atom is -0.496 e. The van der Waals surface area contributed by atoms with Gasteiger partial charge in [0.1, 0.15) is 5.75 Å². The summed E-state index contributed by atoms with van der Waals surface area (Å²) < 4.78 is 5.43. The molecule has 1 aromatic rings. The number of guanidine groups is 1. The number of nitrogens with one attached hydrogen (secondary N) is 1. The van der Waals surface area contributed by atoms with Gasteiger partial charge in [0.05, 0.1) is 7.11 Å². The Morgan fingerprint density at radius 2 is 1.76 bits per heavy atom. The molecule has 0 aliphatic rings. The second kappa shape index (κ2) is 12.4. The minimum atomic E-state index is 0. The minimum absolute atomic E-state index is 0. The van der Waals surface area contributed by atoms with Gasteiger partial charge in [0.25, 0.3) is 0 Å². The molecular weight excluding hydrogens is 427 g/mol. The predicted octanol–water partition coefficient (Wildman–Crippen LogP) is 3.44. The van der Waals surface area contributed by atoms with Crippen molar-refractivity contribution in [2.24, 2.45) is 4.99 Å². The molecule has 0 unspecified atom stereocenters. The van der Waals surface area contributed by atoms with Gasteiger partial charge in [-0.25, -0.2) is 0 Å². The van der Waals surface area contributed by atoms with Crippen molar-refractivity contribution in [2.45, 2.75) is 46.3 Å². The summed E-state index contributed by atoms with van der Waals surface area (Å²) in [7, 11) is 5.58. The number of para-hydroxylation sites is 1. The Kier molecular flexibility index (Phi) is 11.8. The number of ether oxygens (including phenoxy) is 1. The summed E-state index contributed by atoms with van der Waals surface area (Å²) in [5.41, 5.74) is 1.15. The van der Waals surface area contributed by atoms with Crippen LogP contribution >= 0.6 is 24.0 Å². The molecule has 0 aliphatic carbocycles. The van der Waals surface area contributed by atoms with Gasteiger partial charge < -0.3 is 15.0 Å². The van der Waals surface area contributed by atoms with Crippen LogP contribution in [0.1, 0.15) is 33.3 Å². The van der Waals surface area contributed by atoms with Gasteiger partial charge in [-0.3, -0.25) is 9.89 Å². The van der Waals surface area contributed by atoms with Gasteiger partial charge in [0.15, 0.2) is 5.96 Å². The third kappa shape index (κ3) is 7.81. The molecule has 0 radical (unpaired) electrons. The molecule has 25 heavy (non-hydrogen) atoms. The molecule has 0 atom stereocenters. The third-order valence-electron chi connectivity index (χ3n) is 4.15. The number of aliphatic imine (C=N–C) groups is 1. The van der Waals surface area contributed by atoms with E-state index in [1.54, 1.807) is 7.11 Å². The molecule has 5 nitrogen and oxygen atoms in total. The van der Waals surface area contributed by atoms with E-state index in [4.69, 9.17) is 4.74 Å². The van der Waals surface area contributed by atoms with Gasteiger partial charge in [-0.1, -0.05) is 18.2 Å². The molecule has 0 amide bonds. The van der Waals surface area contributed by atoms with E-state index in [2.05, 4.69) is 53.9 Å². The molecule has 0 aromatic heterocycles. The molecule has 0 spiro atoms. The van der Waals surface area contributed by atoms with Crippen LogP contribution in [0.5, 0.6) is 5.75 Å². The van der Waals surface area contributed by atoms with Crippen LogP contribution in [0.4, 0.5) is 0 Å². The maximum atomic E-state index is 5.43. The van der Waals surface area contributed by atoms with E-state index in [0.717, 1.165) is 36.9 Å². The molecule has 0 fully saturated rings.